The Bertz CT molecular complexity index is 894. The molecule has 1 aliphatic heterocycles. The average Bonchev–Trinajstić information content (AvgIpc) is 2.87. The molecule has 3 rings (SSSR count). The number of hydrogen-bond acceptors (Lipinski definition) is 5. The van der Waals surface area contributed by atoms with Crippen LogP contribution in [0.5, 0.6) is 0 Å². The largest absolute Gasteiger partial charge is 0.274 e. The van der Waals surface area contributed by atoms with Crippen LogP contribution in [0.1, 0.15) is 18.4 Å². The number of sulfonamides is 1. The summed E-state index contributed by atoms with van der Waals surface area (Å²) in [7, 11) is -3.80. The number of carbonyl (C=O) groups is 2. The second-order valence-corrected chi connectivity index (χ2v) is 7.07. The second-order valence-electron chi connectivity index (χ2n) is 5.39. The molecule has 24 heavy (non-hydrogen) atoms. The molecule has 7 nitrogen and oxygen atoms in total. The summed E-state index contributed by atoms with van der Waals surface area (Å²) >= 11 is 0. The fourth-order valence-corrected chi connectivity index (χ4v) is 3.60. The topological polar surface area (TPSA) is 96.4 Å². The number of nitrogens with one attached hydrogen (secondary N) is 1. The Kier molecular flexibility index (Phi) is 4.06. The van der Waals surface area contributed by atoms with Crippen molar-refractivity contribution in [3.8, 4) is 0 Å². The van der Waals surface area contributed by atoms with Gasteiger partial charge in [0.15, 0.2) is 0 Å². The van der Waals surface area contributed by atoms with Crippen molar-refractivity contribution >= 4 is 33.3 Å². The van der Waals surface area contributed by atoms with Crippen molar-refractivity contribution in [2.45, 2.75) is 24.7 Å². The van der Waals surface area contributed by atoms with E-state index in [2.05, 4.69) is 9.71 Å². The fourth-order valence-electron chi connectivity index (χ4n) is 2.51. The molecule has 2 aromatic rings. The lowest BCUT2D eigenvalue weighted by molar-refractivity contribution is -0.121. The maximum atomic E-state index is 12.4. The number of rotatable bonds is 4. The van der Waals surface area contributed by atoms with E-state index in [-0.39, 0.29) is 35.4 Å². The maximum Gasteiger partial charge on any atom is 0.263 e. The second kappa shape index (κ2) is 6.04. The van der Waals surface area contributed by atoms with Gasteiger partial charge in [-0.2, -0.15) is 0 Å². The molecule has 124 valence electrons. The minimum atomic E-state index is -3.80. The molecule has 1 aliphatic rings. The van der Waals surface area contributed by atoms with E-state index >= 15 is 0 Å². The zero-order valence-electron chi connectivity index (χ0n) is 12.9. The molecule has 1 aromatic carbocycles. The zero-order valence-corrected chi connectivity index (χ0v) is 13.7. The standard InChI is InChI=1S/C16H15N3O4S/c1-11-10-12(24(22,23)18-14-4-2-3-9-17-14)5-6-13(11)19-15(20)7-8-16(19)21/h2-6,9-10H,7-8H2,1H3,(H,17,18). The minimum absolute atomic E-state index is 0.0356. The molecule has 0 radical (unpaired) electrons. The number of hydrogen-bond donors (Lipinski definition) is 1. The fraction of sp³-hybridized carbons (Fsp3) is 0.188. The van der Waals surface area contributed by atoms with Crippen molar-refractivity contribution in [1.29, 1.82) is 0 Å². The number of benzene rings is 1. The Morgan fingerprint density at radius 3 is 2.38 bits per heavy atom. The highest BCUT2D eigenvalue weighted by atomic mass is 32.2. The lowest BCUT2D eigenvalue weighted by Crippen LogP contribution is -2.29. The number of pyridine rings is 1. The molecular formula is C16H15N3O4S. The van der Waals surface area contributed by atoms with Crippen LogP contribution in [0.25, 0.3) is 0 Å². The highest BCUT2D eigenvalue weighted by molar-refractivity contribution is 7.92. The summed E-state index contributed by atoms with van der Waals surface area (Å²) in [5.41, 5.74) is 0.946. The van der Waals surface area contributed by atoms with Gasteiger partial charge in [-0.05, 0) is 42.8 Å². The average molecular weight is 345 g/mol. The van der Waals surface area contributed by atoms with Crippen molar-refractivity contribution in [3.63, 3.8) is 0 Å². The van der Waals surface area contributed by atoms with Crippen LogP contribution in [0.15, 0.2) is 47.5 Å². The third-order valence-electron chi connectivity index (χ3n) is 3.67. The summed E-state index contributed by atoms with van der Waals surface area (Å²) in [5.74, 6) is -0.334. The molecule has 1 saturated heterocycles. The molecule has 8 heteroatoms. The SMILES string of the molecule is Cc1cc(S(=O)(=O)Nc2ccccn2)ccc1N1C(=O)CCC1=O. The Balaban J connectivity index is 1.92. The van der Waals surface area contributed by atoms with E-state index in [4.69, 9.17) is 0 Å². The van der Waals surface area contributed by atoms with Crippen molar-refractivity contribution < 1.29 is 18.0 Å². The summed E-state index contributed by atoms with van der Waals surface area (Å²) in [4.78, 5) is 28.7. The van der Waals surface area contributed by atoms with E-state index in [1.54, 1.807) is 25.1 Å². The summed E-state index contributed by atoms with van der Waals surface area (Å²) in [6.45, 7) is 1.66. The van der Waals surface area contributed by atoms with Crippen molar-refractivity contribution in [2.24, 2.45) is 0 Å². The van der Waals surface area contributed by atoms with Gasteiger partial charge in [0.25, 0.3) is 10.0 Å². The van der Waals surface area contributed by atoms with Crippen LogP contribution in [-0.4, -0.2) is 25.2 Å². The van der Waals surface area contributed by atoms with Gasteiger partial charge in [-0.1, -0.05) is 6.07 Å². The summed E-state index contributed by atoms with van der Waals surface area (Å²) < 4.78 is 27.2. The normalized spacial score (nSPS) is 15.0. The van der Waals surface area contributed by atoms with Crippen molar-refractivity contribution in [3.05, 3.63) is 48.2 Å². The molecule has 0 unspecified atom stereocenters. The number of imide groups is 1. The Morgan fingerprint density at radius 2 is 1.79 bits per heavy atom. The number of aryl methyl sites for hydroxylation is 1. The van der Waals surface area contributed by atoms with Crippen molar-refractivity contribution in [1.82, 2.24) is 4.98 Å². The summed E-state index contributed by atoms with van der Waals surface area (Å²) in [6, 6.07) is 9.17. The third-order valence-corrected chi connectivity index (χ3v) is 5.03. The molecule has 1 fully saturated rings. The van der Waals surface area contributed by atoms with Crippen LogP contribution < -0.4 is 9.62 Å². The molecule has 1 N–H and O–H groups in total. The maximum absolute atomic E-state index is 12.4. The van der Waals surface area contributed by atoms with Crippen LogP contribution in [-0.2, 0) is 19.6 Å². The number of anilines is 2. The van der Waals surface area contributed by atoms with Gasteiger partial charge in [0.1, 0.15) is 5.82 Å². The predicted molar refractivity (Wildman–Crippen MR) is 88.0 cm³/mol. The highest BCUT2D eigenvalue weighted by Crippen LogP contribution is 2.28. The smallest absolute Gasteiger partial charge is 0.263 e. The van der Waals surface area contributed by atoms with Gasteiger partial charge in [0, 0.05) is 19.0 Å². The Hall–Kier alpha value is -2.74. The molecular weight excluding hydrogens is 330 g/mol. The molecule has 2 amide bonds. The number of aromatic nitrogens is 1. The number of nitrogens with zero attached hydrogens (tertiary/aromatic N) is 2. The van der Waals surface area contributed by atoms with Crippen LogP contribution >= 0.6 is 0 Å². The summed E-state index contributed by atoms with van der Waals surface area (Å²) in [5, 5.41) is 0. The van der Waals surface area contributed by atoms with Gasteiger partial charge in [-0.15, -0.1) is 0 Å². The van der Waals surface area contributed by atoms with E-state index in [1.165, 1.54) is 24.4 Å². The van der Waals surface area contributed by atoms with Crippen LogP contribution in [0.4, 0.5) is 11.5 Å². The monoisotopic (exact) mass is 345 g/mol. The van der Waals surface area contributed by atoms with Crippen LogP contribution in [0.3, 0.4) is 0 Å². The molecule has 0 bridgehead atoms. The molecule has 0 aliphatic carbocycles. The van der Waals surface area contributed by atoms with E-state index in [0.29, 0.717) is 11.3 Å². The molecule has 0 spiro atoms. The molecule has 1 aromatic heterocycles. The van der Waals surface area contributed by atoms with Gasteiger partial charge >= 0.3 is 0 Å². The lowest BCUT2D eigenvalue weighted by atomic mass is 10.2. The molecule has 0 saturated carbocycles. The van der Waals surface area contributed by atoms with Gasteiger partial charge in [0.05, 0.1) is 10.6 Å². The first-order chi connectivity index (χ1) is 11.4. The van der Waals surface area contributed by atoms with Gasteiger partial charge in [-0.3, -0.25) is 19.2 Å². The quantitative estimate of drug-likeness (QED) is 0.853. The van der Waals surface area contributed by atoms with Gasteiger partial charge in [-0.25, -0.2) is 13.4 Å². The minimum Gasteiger partial charge on any atom is -0.274 e. The summed E-state index contributed by atoms with van der Waals surface area (Å²) in [6.07, 6.45) is 1.84. The predicted octanol–water partition coefficient (Wildman–Crippen LogP) is 1.84. The zero-order chi connectivity index (χ0) is 17.3. The number of amides is 2. The number of carbonyl (C=O) groups excluding carboxylic acids is 2. The molecule has 2 heterocycles. The van der Waals surface area contributed by atoms with Crippen molar-refractivity contribution in [2.75, 3.05) is 9.62 Å². The van der Waals surface area contributed by atoms with Crippen LogP contribution in [0.2, 0.25) is 0 Å². The van der Waals surface area contributed by atoms with E-state index in [9.17, 15) is 18.0 Å². The van der Waals surface area contributed by atoms with Gasteiger partial charge in [0.2, 0.25) is 11.8 Å². The Morgan fingerprint density at radius 1 is 1.08 bits per heavy atom. The van der Waals surface area contributed by atoms with Gasteiger partial charge < -0.3 is 0 Å². The Labute approximate surface area is 139 Å². The third kappa shape index (κ3) is 3.00. The van der Waals surface area contributed by atoms with E-state index in [0.717, 1.165) is 4.90 Å². The van der Waals surface area contributed by atoms with E-state index in [1.807, 2.05) is 0 Å². The highest BCUT2D eigenvalue weighted by Gasteiger charge is 2.31. The first-order valence-corrected chi connectivity index (χ1v) is 8.77. The van der Waals surface area contributed by atoms with Crippen LogP contribution in [0, 0.1) is 6.92 Å². The van der Waals surface area contributed by atoms with E-state index < -0.39 is 10.0 Å². The molecule has 0 atom stereocenters. The first kappa shape index (κ1) is 16.1. The lowest BCUT2D eigenvalue weighted by Gasteiger charge is -2.17. The first-order valence-electron chi connectivity index (χ1n) is 7.29.